The van der Waals surface area contributed by atoms with Crippen LogP contribution >= 0.6 is 0 Å². The van der Waals surface area contributed by atoms with Crippen molar-refractivity contribution >= 4 is 12.2 Å². The van der Waals surface area contributed by atoms with Crippen molar-refractivity contribution in [1.29, 1.82) is 5.26 Å². The van der Waals surface area contributed by atoms with Crippen molar-refractivity contribution < 1.29 is 5.11 Å². The number of nitriles is 1. The third-order valence-electron chi connectivity index (χ3n) is 4.17. The van der Waals surface area contributed by atoms with E-state index in [4.69, 9.17) is 0 Å². The molecule has 0 spiro atoms. The molecule has 0 saturated heterocycles. The van der Waals surface area contributed by atoms with Crippen molar-refractivity contribution in [3.63, 3.8) is 0 Å². The summed E-state index contributed by atoms with van der Waals surface area (Å²) in [5.74, 6) is 0.505. The Morgan fingerprint density at radius 2 is 2.00 bits per heavy atom. The normalized spacial score (nSPS) is 10.9. The SMILES string of the molecule is CC(C)c1ccc(O)c(C=NNc2nc(-c3ccccc3)c(C#N)c(=O)[nH]2)c1. The molecule has 3 N–H and O–H groups in total. The number of hydrogen-bond donors (Lipinski definition) is 3. The zero-order valence-electron chi connectivity index (χ0n) is 15.5. The average molecular weight is 373 g/mol. The van der Waals surface area contributed by atoms with Gasteiger partial charge in [-0.1, -0.05) is 50.2 Å². The van der Waals surface area contributed by atoms with Crippen LogP contribution in [-0.4, -0.2) is 21.3 Å². The number of hydrazone groups is 1. The second kappa shape index (κ2) is 8.18. The van der Waals surface area contributed by atoms with E-state index in [9.17, 15) is 15.2 Å². The highest BCUT2D eigenvalue weighted by molar-refractivity contribution is 5.84. The average Bonchev–Trinajstić information content (AvgIpc) is 2.69. The van der Waals surface area contributed by atoms with Crippen LogP contribution in [0.15, 0.2) is 58.4 Å². The molecule has 140 valence electrons. The molecule has 0 fully saturated rings. The zero-order valence-corrected chi connectivity index (χ0v) is 15.5. The molecule has 0 aliphatic carbocycles. The van der Waals surface area contributed by atoms with Crippen LogP contribution in [0.4, 0.5) is 5.95 Å². The monoisotopic (exact) mass is 373 g/mol. The van der Waals surface area contributed by atoms with E-state index in [-0.39, 0.29) is 23.0 Å². The molecular weight excluding hydrogens is 354 g/mol. The lowest BCUT2D eigenvalue weighted by Crippen LogP contribution is -2.16. The maximum Gasteiger partial charge on any atom is 0.270 e. The van der Waals surface area contributed by atoms with Gasteiger partial charge >= 0.3 is 0 Å². The number of rotatable bonds is 5. The second-order valence-electron chi connectivity index (χ2n) is 6.46. The molecule has 3 rings (SSSR count). The molecule has 0 aliphatic rings. The van der Waals surface area contributed by atoms with E-state index in [1.807, 2.05) is 24.3 Å². The number of aromatic amines is 1. The Kier molecular flexibility index (Phi) is 5.51. The van der Waals surface area contributed by atoms with Crippen molar-refractivity contribution in [1.82, 2.24) is 9.97 Å². The first-order valence-electron chi connectivity index (χ1n) is 8.71. The Bertz CT molecular complexity index is 1110. The molecule has 1 aromatic heterocycles. The first-order chi connectivity index (χ1) is 13.5. The van der Waals surface area contributed by atoms with Gasteiger partial charge in [-0.15, -0.1) is 0 Å². The van der Waals surface area contributed by atoms with Crippen molar-refractivity contribution in [3.05, 3.63) is 75.6 Å². The smallest absolute Gasteiger partial charge is 0.270 e. The molecule has 0 amide bonds. The van der Waals surface area contributed by atoms with Gasteiger partial charge in [0.15, 0.2) is 0 Å². The summed E-state index contributed by atoms with van der Waals surface area (Å²) in [6, 6.07) is 16.2. The molecule has 0 unspecified atom stereocenters. The summed E-state index contributed by atoms with van der Waals surface area (Å²) in [5.41, 5.74) is 4.56. The minimum Gasteiger partial charge on any atom is -0.507 e. The molecule has 7 nitrogen and oxygen atoms in total. The Morgan fingerprint density at radius 1 is 1.25 bits per heavy atom. The summed E-state index contributed by atoms with van der Waals surface area (Å²) in [6.07, 6.45) is 1.45. The van der Waals surface area contributed by atoms with Gasteiger partial charge in [0.05, 0.1) is 11.9 Å². The number of nitrogens with zero attached hydrogens (tertiary/aromatic N) is 3. The molecule has 0 atom stereocenters. The lowest BCUT2D eigenvalue weighted by molar-refractivity contribution is 0.474. The van der Waals surface area contributed by atoms with Gasteiger partial charge < -0.3 is 5.11 Å². The summed E-state index contributed by atoms with van der Waals surface area (Å²) in [7, 11) is 0. The highest BCUT2D eigenvalue weighted by atomic mass is 16.3. The van der Waals surface area contributed by atoms with E-state index in [0.29, 0.717) is 17.0 Å². The molecule has 1 heterocycles. The van der Waals surface area contributed by atoms with Crippen LogP contribution in [0, 0.1) is 11.3 Å². The molecule has 7 heteroatoms. The molecule has 3 aromatic rings. The van der Waals surface area contributed by atoms with E-state index in [1.165, 1.54) is 6.21 Å². The maximum absolute atomic E-state index is 12.2. The third-order valence-corrected chi connectivity index (χ3v) is 4.17. The summed E-state index contributed by atoms with van der Waals surface area (Å²) in [4.78, 5) is 19.0. The number of phenols is 1. The van der Waals surface area contributed by atoms with Gasteiger partial charge in [-0.05, 0) is 23.6 Å². The van der Waals surface area contributed by atoms with Crippen LogP contribution in [0.2, 0.25) is 0 Å². The topological polar surface area (TPSA) is 114 Å². The molecule has 0 saturated carbocycles. The number of aromatic hydroxyl groups is 1. The Balaban J connectivity index is 1.91. The van der Waals surface area contributed by atoms with Crippen LogP contribution in [0.3, 0.4) is 0 Å². The van der Waals surface area contributed by atoms with E-state index < -0.39 is 5.56 Å². The summed E-state index contributed by atoms with van der Waals surface area (Å²) < 4.78 is 0. The number of hydrogen-bond acceptors (Lipinski definition) is 6. The summed E-state index contributed by atoms with van der Waals surface area (Å²) in [6.45, 7) is 4.12. The predicted molar refractivity (Wildman–Crippen MR) is 108 cm³/mol. The van der Waals surface area contributed by atoms with Gasteiger partial charge in [0.2, 0.25) is 5.95 Å². The van der Waals surface area contributed by atoms with Crippen LogP contribution in [-0.2, 0) is 0 Å². The fourth-order valence-electron chi connectivity index (χ4n) is 2.63. The molecule has 2 aromatic carbocycles. The van der Waals surface area contributed by atoms with Crippen molar-refractivity contribution in [2.75, 3.05) is 5.43 Å². The molecule has 0 aliphatic heterocycles. The van der Waals surface area contributed by atoms with Gasteiger partial charge in [0.1, 0.15) is 17.4 Å². The minimum atomic E-state index is -0.557. The van der Waals surface area contributed by atoms with E-state index >= 15 is 0 Å². The third kappa shape index (κ3) is 4.07. The van der Waals surface area contributed by atoms with Crippen molar-refractivity contribution in [3.8, 4) is 23.1 Å². The standard InChI is InChI=1S/C21H19N5O2/c1-13(2)15-8-9-18(27)16(10-15)12-23-26-21-24-19(14-6-4-3-5-7-14)17(11-22)20(28)25-21/h3-10,12-13,27H,1-2H3,(H2,24,25,26,28). The van der Waals surface area contributed by atoms with Gasteiger partial charge in [0, 0.05) is 11.1 Å². The zero-order chi connectivity index (χ0) is 20.1. The van der Waals surface area contributed by atoms with Crippen molar-refractivity contribution in [2.45, 2.75) is 19.8 Å². The number of benzene rings is 2. The number of nitrogens with one attached hydrogen (secondary N) is 2. The number of phenolic OH excluding ortho intramolecular Hbond substituents is 1. The van der Waals surface area contributed by atoms with Crippen LogP contribution in [0.25, 0.3) is 11.3 Å². The Hall–Kier alpha value is -3.92. The number of H-pyrrole nitrogens is 1. The predicted octanol–water partition coefficient (Wildman–Crippen LogP) is 3.58. The fourth-order valence-corrected chi connectivity index (χ4v) is 2.63. The highest BCUT2D eigenvalue weighted by Crippen LogP contribution is 2.22. The van der Waals surface area contributed by atoms with Crippen LogP contribution in [0.5, 0.6) is 5.75 Å². The fraction of sp³-hybridized carbons (Fsp3) is 0.143. The first kappa shape index (κ1) is 18.9. The van der Waals surface area contributed by atoms with E-state index in [0.717, 1.165) is 5.56 Å². The van der Waals surface area contributed by atoms with Crippen molar-refractivity contribution in [2.24, 2.45) is 5.10 Å². The van der Waals surface area contributed by atoms with E-state index in [2.05, 4.69) is 34.3 Å². The van der Waals surface area contributed by atoms with Gasteiger partial charge in [-0.25, -0.2) is 10.4 Å². The number of aromatic nitrogens is 2. The highest BCUT2D eigenvalue weighted by Gasteiger charge is 2.13. The molecule has 28 heavy (non-hydrogen) atoms. The van der Waals surface area contributed by atoms with Crippen LogP contribution in [0.1, 0.15) is 36.5 Å². The largest absolute Gasteiger partial charge is 0.507 e. The maximum atomic E-state index is 12.2. The quantitative estimate of drug-likeness (QED) is 0.467. The van der Waals surface area contributed by atoms with Gasteiger partial charge in [-0.2, -0.15) is 10.4 Å². The Morgan fingerprint density at radius 3 is 2.68 bits per heavy atom. The molecule has 0 bridgehead atoms. The summed E-state index contributed by atoms with van der Waals surface area (Å²) in [5, 5.41) is 23.3. The lowest BCUT2D eigenvalue weighted by Gasteiger charge is -2.08. The minimum absolute atomic E-state index is 0.0667. The lowest BCUT2D eigenvalue weighted by atomic mass is 10.0. The van der Waals surface area contributed by atoms with E-state index in [1.54, 1.807) is 30.3 Å². The number of anilines is 1. The Labute approximate surface area is 162 Å². The second-order valence-corrected chi connectivity index (χ2v) is 6.46. The van der Waals surface area contributed by atoms with Gasteiger partial charge in [-0.3, -0.25) is 9.78 Å². The molecule has 0 radical (unpaired) electrons. The molecular formula is C21H19N5O2. The summed E-state index contributed by atoms with van der Waals surface area (Å²) >= 11 is 0. The van der Waals surface area contributed by atoms with Gasteiger partial charge in [0.25, 0.3) is 5.56 Å². The van der Waals surface area contributed by atoms with Crippen LogP contribution < -0.4 is 11.0 Å². The first-order valence-corrected chi connectivity index (χ1v) is 8.71.